The van der Waals surface area contributed by atoms with Gasteiger partial charge in [-0.3, -0.25) is 4.79 Å². The van der Waals surface area contributed by atoms with E-state index >= 15 is 0 Å². The highest BCUT2D eigenvalue weighted by atomic mass is 79.9. The third-order valence-electron chi connectivity index (χ3n) is 1.37. The second-order valence-electron chi connectivity index (χ2n) is 2.27. The van der Waals surface area contributed by atoms with Crippen LogP contribution in [0.25, 0.3) is 0 Å². The summed E-state index contributed by atoms with van der Waals surface area (Å²) in [4.78, 5) is 10.7. The number of halogens is 1. The molecule has 0 amide bonds. The SMILES string of the molecule is Br.CCCCC(N)C(=O)OC. The van der Waals surface area contributed by atoms with E-state index in [1.807, 2.05) is 0 Å². The van der Waals surface area contributed by atoms with Crippen LogP contribution in [0.2, 0.25) is 0 Å². The molecular weight excluding hydrogens is 210 g/mol. The summed E-state index contributed by atoms with van der Waals surface area (Å²) in [6, 6.07) is -0.426. The monoisotopic (exact) mass is 225 g/mol. The molecule has 0 aliphatic rings. The van der Waals surface area contributed by atoms with E-state index in [1.165, 1.54) is 7.11 Å². The maximum Gasteiger partial charge on any atom is 0.322 e. The average Bonchev–Trinajstić information content (AvgIpc) is 1.98. The van der Waals surface area contributed by atoms with Crippen molar-refractivity contribution in [1.82, 2.24) is 0 Å². The first-order chi connectivity index (χ1) is 4.72. The van der Waals surface area contributed by atoms with Crippen LogP contribution in [-0.2, 0) is 9.53 Å². The molecule has 1 atom stereocenters. The van der Waals surface area contributed by atoms with Gasteiger partial charge in [0.15, 0.2) is 0 Å². The highest BCUT2D eigenvalue weighted by Gasteiger charge is 2.11. The molecule has 0 aliphatic carbocycles. The Hall–Kier alpha value is -0.0900. The number of hydrogen-bond donors (Lipinski definition) is 1. The van der Waals surface area contributed by atoms with Crippen molar-refractivity contribution in [2.75, 3.05) is 7.11 Å². The second kappa shape index (κ2) is 8.01. The van der Waals surface area contributed by atoms with E-state index in [-0.39, 0.29) is 23.0 Å². The van der Waals surface area contributed by atoms with Crippen LogP contribution < -0.4 is 5.73 Å². The molecular formula is C7H16BrNO2. The molecule has 11 heavy (non-hydrogen) atoms. The number of carbonyl (C=O) groups is 1. The Kier molecular flexibility index (Phi) is 9.83. The van der Waals surface area contributed by atoms with Crippen LogP contribution in [0.5, 0.6) is 0 Å². The zero-order chi connectivity index (χ0) is 7.98. The van der Waals surface area contributed by atoms with Gasteiger partial charge >= 0.3 is 5.97 Å². The number of carbonyl (C=O) groups excluding carboxylic acids is 1. The molecule has 0 aromatic rings. The predicted octanol–water partition coefficient (Wildman–Crippen LogP) is 1.25. The van der Waals surface area contributed by atoms with Crippen molar-refractivity contribution in [3.05, 3.63) is 0 Å². The molecule has 0 rings (SSSR count). The summed E-state index contributed by atoms with van der Waals surface area (Å²) in [6.07, 6.45) is 2.77. The van der Waals surface area contributed by atoms with Gasteiger partial charge in [0.2, 0.25) is 0 Å². The fourth-order valence-corrected chi connectivity index (χ4v) is 0.693. The normalized spacial score (nSPS) is 11.5. The fraction of sp³-hybridized carbons (Fsp3) is 0.857. The number of rotatable bonds is 4. The van der Waals surface area contributed by atoms with E-state index in [4.69, 9.17) is 5.73 Å². The minimum Gasteiger partial charge on any atom is -0.468 e. The summed E-state index contributed by atoms with van der Waals surface area (Å²) in [7, 11) is 1.36. The van der Waals surface area contributed by atoms with Gasteiger partial charge in [-0.1, -0.05) is 19.8 Å². The van der Waals surface area contributed by atoms with Crippen LogP contribution in [0.4, 0.5) is 0 Å². The maximum absolute atomic E-state index is 10.7. The number of hydrogen-bond acceptors (Lipinski definition) is 3. The smallest absolute Gasteiger partial charge is 0.322 e. The number of ether oxygens (including phenoxy) is 1. The third kappa shape index (κ3) is 6.31. The van der Waals surface area contributed by atoms with E-state index < -0.39 is 6.04 Å². The fourth-order valence-electron chi connectivity index (χ4n) is 0.693. The summed E-state index contributed by atoms with van der Waals surface area (Å²) in [5.41, 5.74) is 5.44. The molecule has 0 fully saturated rings. The lowest BCUT2D eigenvalue weighted by Crippen LogP contribution is -2.31. The Morgan fingerprint density at radius 2 is 2.18 bits per heavy atom. The van der Waals surface area contributed by atoms with E-state index in [1.54, 1.807) is 0 Å². The average molecular weight is 226 g/mol. The highest BCUT2D eigenvalue weighted by Crippen LogP contribution is 1.98. The number of unbranched alkanes of at least 4 members (excludes halogenated alkanes) is 1. The first-order valence-electron chi connectivity index (χ1n) is 3.55. The molecule has 0 aromatic heterocycles. The second-order valence-corrected chi connectivity index (χ2v) is 2.27. The van der Waals surface area contributed by atoms with Gasteiger partial charge in [0.25, 0.3) is 0 Å². The van der Waals surface area contributed by atoms with Crippen LogP contribution in [0.1, 0.15) is 26.2 Å². The molecule has 0 spiro atoms. The largest absolute Gasteiger partial charge is 0.468 e. The number of nitrogens with two attached hydrogens (primary N) is 1. The Morgan fingerprint density at radius 3 is 2.55 bits per heavy atom. The zero-order valence-electron chi connectivity index (χ0n) is 7.00. The van der Waals surface area contributed by atoms with E-state index in [9.17, 15) is 4.79 Å². The first-order valence-corrected chi connectivity index (χ1v) is 3.55. The Morgan fingerprint density at radius 1 is 1.64 bits per heavy atom. The van der Waals surface area contributed by atoms with Crippen LogP contribution in [0.15, 0.2) is 0 Å². The molecule has 0 saturated carbocycles. The van der Waals surface area contributed by atoms with Crippen molar-refractivity contribution in [3.8, 4) is 0 Å². The molecule has 4 heteroatoms. The van der Waals surface area contributed by atoms with Gasteiger partial charge in [-0.2, -0.15) is 0 Å². The van der Waals surface area contributed by atoms with Gasteiger partial charge < -0.3 is 10.5 Å². The van der Waals surface area contributed by atoms with Crippen molar-refractivity contribution in [1.29, 1.82) is 0 Å². The molecule has 0 saturated heterocycles. The summed E-state index contributed by atoms with van der Waals surface area (Å²) in [5, 5.41) is 0. The summed E-state index contributed by atoms with van der Waals surface area (Å²) in [5.74, 6) is -0.312. The summed E-state index contributed by atoms with van der Waals surface area (Å²) < 4.78 is 4.45. The lowest BCUT2D eigenvalue weighted by molar-refractivity contribution is -0.142. The van der Waals surface area contributed by atoms with Gasteiger partial charge in [0, 0.05) is 0 Å². The van der Waals surface area contributed by atoms with Crippen molar-refractivity contribution in [2.24, 2.45) is 5.73 Å². The van der Waals surface area contributed by atoms with Crippen LogP contribution >= 0.6 is 17.0 Å². The van der Waals surface area contributed by atoms with Crippen molar-refractivity contribution in [2.45, 2.75) is 32.2 Å². The predicted molar refractivity (Wildman–Crippen MR) is 49.8 cm³/mol. The Labute approximate surface area is 78.1 Å². The van der Waals surface area contributed by atoms with E-state index in [0.717, 1.165) is 19.3 Å². The molecule has 0 aromatic carbocycles. The van der Waals surface area contributed by atoms with Crippen LogP contribution in [0, 0.1) is 0 Å². The minimum absolute atomic E-state index is 0. The molecule has 0 radical (unpaired) electrons. The highest BCUT2D eigenvalue weighted by molar-refractivity contribution is 8.93. The molecule has 0 heterocycles. The van der Waals surface area contributed by atoms with Gasteiger partial charge in [-0.25, -0.2) is 0 Å². The molecule has 68 valence electrons. The van der Waals surface area contributed by atoms with Crippen molar-refractivity contribution >= 4 is 23.0 Å². The maximum atomic E-state index is 10.7. The summed E-state index contributed by atoms with van der Waals surface area (Å²) >= 11 is 0. The molecule has 2 N–H and O–H groups in total. The molecule has 0 bridgehead atoms. The Balaban J connectivity index is 0. The topological polar surface area (TPSA) is 52.3 Å². The Bertz CT molecular complexity index is 109. The van der Waals surface area contributed by atoms with Crippen LogP contribution in [-0.4, -0.2) is 19.1 Å². The van der Waals surface area contributed by atoms with E-state index in [0.29, 0.717) is 0 Å². The first kappa shape index (κ1) is 13.5. The quantitative estimate of drug-likeness (QED) is 0.734. The number of esters is 1. The molecule has 3 nitrogen and oxygen atoms in total. The molecule has 1 unspecified atom stereocenters. The van der Waals surface area contributed by atoms with Crippen molar-refractivity contribution < 1.29 is 9.53 Å². The minimum atomic E-state index is -0.426. The standard InChI is InChI=1S/C7H15NO2.BrH/c1-3-4-5-6(8)7(9)10-2;/h6H,3-5,8H2,1-2H3;1H. The lowest BCUT2D eigenvalue weighted by atomic mass is 10.1. The number of methoxy groups -OCH3 is 1. The molecule has 0 aliphatic heterocycles. The van der Waals surface area contributed by atoms with Gasteiger partial charge in [0.1, 0.15) is 6.04 Å². The third-order valence-corrected chi connectivity index (χ3v) is 1.37. The lowest BCUT2D eigenvalue weighted by Gasteiger charge is -2.06. The van der Waals surface area contributed by atoms with Gasteiger partial charge in [-0.05, 0) is 6.42 Å². The van der Waals surface area contributed by atoms with Crippen LogP contribution in [0.3, 0.4) is 0 Å². The van der Waals surface area contributed by atoms with Gasteiger partial charge in [0.05, 0.1) is 7.11 Å². The zero-order valence-corrected chi connectivity index (χ0v) is 8.71. The van der Waals surface area contributed by atoms with Crippen molar-refractivity contribution in [3.63, 3.8) is 0 Å². The van der Waals surface area contributed by atoms with Gasteiger partial charge in [-0.15, -0.1) is 17.0 Å². The summed E-state index contributed by atoms with van der Waals surface area (Å²) in [6.45, 7) is 2.06. The van der Waals surface area contributed by atoms with E-state index in [2.05, 4.69) is 11.7 Å².